The SMILES string of the molecule is C=CC(=O)OCC[N+](CCCS(=O)(=O)[O-])(C(C)C)C(C)C. The van der Waals surface area contributed by atoms with Crippen LogP contribution in [0.15, 0.2) is 12.7 Å². The van der Waals surface area contributed by atoms with Crippen molar-refractivity contribution in [2.45, 2.75) is 46.2 Å². The van der Waals surface area contributed by atoms with E-state index in [9.17, 15) is 17.8 Å². The molecule has 0 bridgehead atoms. The second-order valence-electron chi connectivity index (χ2n) is 5.72. The summed E-state index contributed by atoms with van der Waals surface area (Å²) in [5.41, 5.74) is 0. The van der Waals surface area contributed by atoms with E-state index in [1.807, 2.05) is 27.7 Å². The molecule has 0 saturated carbocycles. The van der Waals surface area contributed by atoms with Crippen molar-refractivity contribution < 1.29 is 27.0 Å². The molecule has 7 heteroatoms. The standard InChI is InChI=1S/C14H27NO5S/c1-6-14(16)20-10-9-15(12(2)3,13(4)5)8-7-11-21(17,18)19/h6,12-13H,1,7-11H2,2-5H3. The monoisotopic (exact) mass is 321 g/mol. The third-order valence-electron chi connectivity index (χ3n) is 3.94. The quantitative estimate of drug-likeness (QED) is 0.262. The van der Waals surface area contributed by atoms with Gasteiger partial charge in [-0.15, -0.1) is 0 Å². The summed E-state index contributed by atoms with van der Waals surface area (Å²) >= 11 is 0. The Bertz CT molecular complexity index is 434. The molecule has 0 N–H and O–H groups in total. The molecule has 0 aliphatic carbocycles. The van der Waals surface area contributed by atoms with E-state index >= 15 is 0 Å². The van der Waals surface area contributed by atoms with Crippen molar-refractivity contribution in [3.8, 4) is 0 Å². The van der Waals surface area contributed by atoms with Crippen LogP contribution in [0.2, 0.25) is 0 Å². The number of esters is 1. The zero-order valence-corrected chi connectivity index (χ0v) is 14.2. The smallest absolute Gasteiger partial charge is 0.330 e. The number of rotatable bonds is 10. The Morgan fingerprint density at radius 3 is 2.14 bits per heavy atom. The molecule has 0 aromatic carbocycles. The van der Waals surface area contributed by atoms with Crippen molar-refractivity contribution in [1.82, 2.24) is 0 Å². The van der Waals surface area contributed by atoms with Gasteiger partial charge in [-0.1, -0.05) is 6.58 Å². The van der Waals surface area contributed by atoms with Gasteiger partial charge in [0.1, 0.15) is 13.2 Å². The van der Waals surface area contributed by atoms with Crippen molar-refractivity contribution >= 4 is 16.1 Å². The van der Waals surface area contributed by atoms with Gasteiger partial charge in [0.25, 0.3) is 0 Å². The Balaban J connectivity index is 4.83. The predicted molar refractivity (Wildman–Crippen MR) is 80.6 cm³/mol. The Morgan fingerprint density at radius 1 is 1.24 bits per heavy atom. The molecule has 0 rings (SSSR count). The molecule has 21 heavy (non-hydrogen) atoms. The molecule has 0 spiro atoms. The first-order valence-corrected chi connectivity index (χ1v) is 8.72. The van der Waals surface area contributed by atoms with Gasteiger partial charge in [-0.25, -0.2) is 13.2 Å². The van der Waals surface area contributed by atoms with Gasteiger partial charge in [0.2, 0.25) is 0 Å². The molecule has 0 aliphatic rings. The van der Waals surface area contributed by atoms with Crippen LogP contribution < -0.4 is 0 Å². The number of carbonyl (C=O) groups excluding carboxylic acids is 1. The molecule has 0 unspecified atom stereocenters. The second kappa shape index (κ2) is 8.51. The summed E-state index contributed by atoms with van der Waals surface area (Å²) in [6.45, 7) is 12.9. The van der Waals surface area contributed by atoms with E-state index < -0.39 is 16.1 Å². The Morgan fingerprint density at radius 2 is 1.76 bits per heavy atom. The van der Waals surface area contributed by atoms with Gasteiger partial charge in [0, 0.05) is 18.2 Å². The summed E-state index contributed by atoms with van der Waals surface area (Å²) in [6.07, 6.45) is 1.42. The van der Waals surface area contributed by atoms with Gasteiger partial charge in [-0.05, 0) is 27.7 Å². The maximum Gasteiger partial charge on any atom is 0.330 e. The molecule has 0 fully saturated rings. The fraction of sp³-hybridized carbons (Fsp3) is 0.786. The molecule has 0 aromatic heterocycles. The highest BCUT2D eigenvalue weighted by Crippen LogP contribution is 2.20. The largest absolute Gasteiger partial charge is 0.748 e. The molecule has 124 valence electrons. The first-order chi connectivity index (χ1) is 9.55. The Kier molecular flexibility index (Phi) is 8.13. The molecule has 0 atom stereocenters. The third-order valence-corrected chi connectivity index (χ3v) is 4.73. The first-order valence-electron chi connectivity index (χ1n) is 7.14. The number of hydrogen-bond donors (Lipinski definition) is 0. The molecule has 0 aliphatic heterocycles. The number of quaternary nitrogens is 1. The van der Waals surface area contributed by atoms with Crippen molar-refractivity contribution in [1.29, 1.82) is 0 Å². The van der Waals surface area contributed by atoms with Gasteiger partial charge >= 0.3 is 5.97 Å². The molecule has 0 aromatic rings. The highest BCUT2D eigenvalue weighted by Gasteiger charge is 2.34. The van der Waals surface area contributed by atoms with Crippen LogP contribution in [0.4, 0.5) is 0 Å². The lowest BCUT2D eigenvalue weighted by Crippen LogP contribution is -2.60. The van der Waals surface area contributed by atoms with Crippen LogP contribution in [-0.2, 0) is 19.6 Å². The van der Waals surface area contributed by atoms with Crippen LogP contribution in [0, 0.1) is 0 Å². The molecule has 0 amide bonds. The number of hydrogen-bond acceptors (Lipinski definition) is 5. The molecule has 0 saturated heterocycles. The average molecular weight is 321 g/mol. The van der Waals surface area contributed by atoms with Crippen LogP contribution >= 0.6 is 0 Å². The lowest BCUT2D eigenvalue weighted by atomic mass is 10.1. The highest BCUT2D eigenvalue weighted by atomic mass is 32.2. The summed E-state index contributed by atoms with van der Waals surface area (Å²) in [4.78, 5) is 11.1. The van der Waals surface area contributed by atoms with Crippen molar-refractivity contribution in [2.24, 2.45) is 0 Å². The maximum atomic E-state index is 11.1. The molecular formula is C14H27NO5S. The van der Waals surface area contributed by atoms with Crippen molar-refractivity contribution in [3.05, 3.63) is 12.7 Å². The van der Waals surface area contributed by atoms with Crippen LogP contribution in [0.3, 0.4) is 0 Å². The second-order valence-corrected chi connectivity index (χ2v) is 7.25. The van der Waals surface area contributed by atoms with Crippen LogP contribution in [0.25, 0.3) is 0 Å². The van der Waals surface area contributed by atoms with Crippen LogP contribution in [0.1, 0.15) is 34.1 Å². The molecular weight excluding hydrogens is 294 g/mol. The van der Waals surface area contributed by atoms with Crippen LogP contribution in [-0.4, -0.2) is 61.0 Å². The Hall–Kier alpha value is -0.920. The minimum atomic E-state index is -4.19. The zero-order chi connectivity index (χ0) is 16.7. The Labute approximate surface area is 128 Å². The summed E-state index contributed by atoms with van der Waals surface area (Å²) in [7, 11) is -4.19. The van der Waals surface area contributed by atoms with E-state index in [0.29, 0.717) is 24.0 Å². The normalized spacial score (nSPS) is 12.7. The summed E-state index contributed by atoms with van der Waals surface area (Å²) in [6, 6.07) is 0.448. The van der Waals surface area contributed by atoms with Crippen molar-refractivity contribution in [2.75, 3.05) is 25.4 Å². The fourth-order valence-corrected chi connectivity index (χ4v) is 3.13. The van der Waals surface area contributed by atoms with Gasteiger partial charge < -0.3 is 13.8 Å². The average Bonchev–Trinajstić information content (AvgIpc) is 2.34. The van der Waals surface area contributed by atoms with Gasteiger partial charge in [0.15, 0.2) is 0 Å². The van der Waals surface area contributed by atoms with Crippen LogP contribution in [0.5, 0.6) is 0 Å². The number of carbonyl (C=O) groups is 1. The first kappa shape index (κ1) is 20.1. The number of ether oxygens (including phenoxy) is 1. The fourth-order valence-electron chi connectivity index (χ4n) is 2.65. The van der Waals surface area contributed by atoms with Gasteiger partial charge in [-0.3, -0.25) is 0 Å². The van der Waals surface area contributed by atoms with Gasteiger partial charge in [0.05, 0.1) is 28.7 Å². The summed E-state index contributed by atoms with van der Waals surface area (Å²) < 4.78 is 37.9. The topological polar surface area (TPSA) is 83.5 Å². The maximum absolute atomic E-state index is 11.1. The van der Waals surface area contributed by atoms with E-state index in [0.717, 1.165) is 6.08 Å². The third kappa shape index (κ3) is 7.06. The molecule has 0 heterocycles. The molecule has 6 nitrogen and oxygen atoms in total. The highest BCUT2D eigenvalue weighted by molar-refractivity contribution is 7.85. The van der Waals surface area contributed by atoms with Crippen molar-refractivity contribution in [3.63, 3.8) is 0 Å². The number of nitrogens with zero attached hydrogens (tertiary/aromatic N) is 1. The minimum absolute atomic E-state index is 0.224. The molecule has 0 radical (unpaired) electrons. The summed E-state index contributed by atoms with van der Waals surface area (Å²) in [5, 5.41) is 0. The van der Waals surface area contributed by atoms with Gasteiger partial charge in [-0.2, -0.15) is 0 Å². The van der Waals surface area contributed by atoms with E-state index in [-0.39, 0.29) is 24.4 Å². The van der Waals surface area contributed by atoms with E-state index in [1.165, 1.54) is 0 Å². The van der Waals surface area contributed by atoms with E-state index in [1.54, 1.807) is 0 Å². The zero-order valence-electron chi connectivity index (χ0n) is 13.4. The minimum Gasteiger partial charge on any atom is -0.748 e. The van der Waals surface area contributed by atoms with E-state index in [2.05, 4.69) is 6.58 Å². The predicted octanol–water partition coefficient (Wildman–Crippen LogP) is 1.28. The van der Waals surface area contributed by atoms with E-state index in [4.69, 9.17) is 4.74 Å². The lowest BCUT2D eigenvalue weighted by molar-refractivity contribution is -0.966. The lowest BCUT2D eigenvalue weighted by Gasteiger charge is -2.46. The summed E-state index contributed by atoms with van der Waals surface area (Å²) in [5.74, 6) is -0.832.